The first-order chi connectivity index (χ1) is 13.5. The number of carbonyl (C=O) groups is 1. The average molecular weight is 446 g/mol. The molecule has 3 aromatic rings. The first-order valence-electron chi connectivity index (χ1n) is 8.79. The van der Waals surface area contributed by atoms with E-state index in [2.05, 4.69) is 21.2 Å². The Morgan fingerprint density at radius 2 is 1.82 bits per heavy atom. The highest BCUT2D eigenvalue weighted by molar-refractivity contribution is 9.10. The number of rotatable bonds is 3. The third-order valence-electron chi connectivity index (χ3n) is 4.87. The summed E-state index contributed by atoms with van der Waals surface area (Å²) in [4.78, 5) is 26.2. The van der Waals surface area contributed by atoms with Gasteiger partial charge in [0.1, 0.15) is 11.4 Å². The second-order valence-corrected chi connectivity index (χ2v) is 7.50. The van der Waals surface area contributed by atoms with Crippen LogP contribution in [0.25, 0.3) is 16.6 Å². The maximum atomic E-state index is 14.8. The second-order valence-electron chi connectivity index (χ2n) is 6.58. The first-order valence-corrected chi connectivity index (χ1v) is 9.59. The molecule has 0 saturated carbocycles. The zero-order chi connectivity index (χ0) is 19.8. The molecule has 8 heteroatoms. The van der Waals surface area contributed by atoms with Crippen molar-refractivity contribution < 1.29 is 14.3 Å². The van der Waals surface area contributed by atoms with Crippen molar-refractivity contribution in [2.75, 3.05) is 31.1 Å². The van der Waals surface area contributed by atoms with Gasteiger partial charge in [-0.2, -0.15) is 0 Å². The van der Waals surface area contributed by atoms with Gasteiger partial charge in [-0.1, -0.05) is 15.9 Å². The van der Waals surface area contributed by atoms with E-state index in [0.29, 0.717) is 30.0 Å². The standard InChI is InChI=1S/C20H17BrFN3O3/c21-12-1-3-13(4-2-12)25-11-15(20(27)28)19(26)14-9-16(22)18(10-17(14)25)24-7-5-23-6-8-24/h1-4,9-11,23H,5-8H2,(H,27,28). The number of nitrogens with one attached hydrogen (secondary N) is 1. The fourth-order valence-electron chi connectivity index (χ4n) is 3.45. The van der Waals surface area contributed by atoms with Gasteiger partial charge in [0.15, 0.2) is 0 Å². The number of carboxylic acid groups (broad SMARTS) is 1. The van der Waals surface area contributed by atoms with E-state index in [4.69, 9.17) is 0 Å². The number of aromatic nitrogens is 1. The van der Waals surface area contributed by atoms with Gasteiger partial charge in [-0.05, 0) is 36.4 Å². The lowest BCUT2D eigenvalue weighted by atomic mass is 10.1. The highest BCUT2D eigenvalue weighted by Crippen LogP contribution is 2.27. The molecule has 144 valence electrons. The average Bonchev–Trinajstić information content (AvgIpc) is 2.69. The first kappa shape index (κ1) is 18.6. The van der Waals surface area contributed by atoms with E-state index in [1.54, 1.807) is 22.8 Å². The Bertz CT molecular complexity index is 1120. The molecule has 28 heavy (non-hydrogen) atoms. The molecule has 1 fully saturated rings. The van der Waals surface area contributed by atoms with Crippen molar-refractivity contribution in [3.63, 3.8) is 0 Å². The minimum atomic E-state index is -1.34. The molecule has 2 aromatic carbocycles. The summed E-state index contributed by atoms with van der Waals surface area (Å²) in [6.45, 7) is 2.79. The van der Waals surface area contributed by atoms with Crippen LogP contribution in [0, 0.1) is 5.82 Å². The van der Waals surface area contributed by atoms with E-state index in [1.807, 2.05) is 17.0 Å². The predicted molar refractivity (Wildman–Crippen MR) is 109 cm³/mol. The van der Waals surface area contributed by atoms with Gasteiger partial charge in [-0.25, -0.2) is 9.18 Å². The number of hydrogen-bond acceptors (Lipinski definition) is 4. The Labute approximate surface area is 168 Å². The number of hydrogen-bond donors (Lipinski definition) is 2. The number of fused-ring (bicyclic) bond motifs is 1. The van der Waals surface area contributed by atoms with Crippen LogP contribution in [0.15, 0.2) is 51.9 Å². The molecule has 0 bridgehead atoms. The van der Waals surface area contributed by atoms with Gasteiger partial charge < -0.3 is 19.9 Å². The van der Waals surface area contributed by atoms with Crippen molar-refractivity contribution in [3.8, 4) is 5.69 Å². The summed E-state index contributed by atoms with van der Waals surface area (Å²) in [7, 11) is 0. The van der Waals surface area contributed by atoms with E-state index >= 15 is 0 Å². The number of piperazine rings is 1. The molecule has 4 rings (SSSR count). The van der Waals surface area contributed by atoms with Crippen molar-refractivity contribution in [1.82, 2.24) is 9.88 Å². The molecule has 0 unspecified atom stereocenters. The largest absolute Gasteiger partial charge is 0.477 e. The van der Waals surface area contributed by atoms with Crippen LogP contribution in [0.4, 0.5) is 10.1 Å². The van der Waals surface area contributed by atoms with Crippen LogP contribution in [0.1, 0.15) is 10.4 Å². The lowest BCUT2D eigenvalue weighted by Crippen LogP contribution is -2.43. The molecule has 1 aliphatic heterocycles. The Morgan fingerprint density at radius 3 is 2.46 bits per heavy atom. The summed E-state index contributed by atoms with van der Waals surface area (Å²) in [5.41, 5.74) is 0.453. The van der Waals surface area contributed by atoms with E-state index in [0.717, 1.165) is 23.6 Å². The number of anilines is 1. The number of carboxylic acids is 1. The Balaban J connectivity index is 2.01. The van der Waals surface area contributed by atoms with Gasteiger partial charge in [0.05, 0.1) is 11.2 Å². The van der Waals surface area contributed by atoms with Crippen LogP contribution in [0.3, 0.4) is 0 Å². The minimum absolute atomic E-state index is 0.0409. The molecule has 1 aliphatic rings. The van der Waals surface area contributed by atoms with E-state index < -0.39 is 22.8 Å². The lowest BCUT2D eigenvalue weighted by molar-refractivity contribution is 0.0695. The summed E-state index contributed by atoms with van der Waals surface area (Å²) >= 11 is 3.37. The van der Waals surface area contributed by atoms with Crippen LogP contribution in [0.5, 0.6) is 0 Å². The van der Waals surface area contributed by atoms with E-state index in [9.17, 15) is 19.1 Å². The van der Waals surface area contributed by atoms with Gasteiger partial charge in [0, 0.05) is 47.9 Å². The third kappa shape index (κ3) is 3.29. The predicted octanol–water partition coefficient (Wildman–Crippen LogP) is 3.00. The molecule has 1 saturated heterocycles. The fourth-order valence-corrected chi connectivity index (χ4v) is 3.71. The minimum Gasteiger partial charge on any atom is -0.477 e. The topological polar surface area (TPSA) is 74.6 Å². The Morgan fingerprint density at radius 1 is 1.14 bits per heavy atom. The monoisotopic (exact) mass is 445 g/mol. The Hall–Kier alpha value is -2.71. The molecule has 2 heterocycles. The zero-order valence-electron chi connectivity index (χ0n) is 14.8. The highest BCUT2D eigenvalue weighted by atomic mass is 79.9. The van der Waals surface area contributed by atoms with Gasteiger partial charge >= 0.3 is 5.97 Å². The molecular formula is C20H17BrFN3O3. The van der Waals surface area contributed by atoms with E-state index in [-0.39, 0.29) is 5.39 Å². The normalized spacial score (nSPS) is 14.4. The maximum Gasteiger partial charge on any atom is 0.341 e. The summed E-state index contributed by atoms with van der Waals surface area (Å²) in [6.07, 6.45) is 1.30. The maximum absolute atomic E-state index is 14.8. The summed E-state index contributed by atoms with van der Waals surface area (Å²) in [6, 6.07) is 10.0. The smallest absolute Gasteiger partial charge is 0.341 e. The fraction of sp³-hybridized carbons (Fsp3) is 0.200. The van der Waals surface area contributed by atoms with Crippen LogP contribution in [-0.4, -0.2) is 41.8 Å². The molecule has 0 spiro atoms. The molecule has 0 radical (unpaired) electrons. The van der Waals surface area contributed by atoms with E-state index in [1.165, 1.54) is 6.20 Å². The number of pyridine rings is 1. The van der Waals surface area contributed by atoms with Gasteiger partial charge in [-0.3, -0.25) is 4.79 Å². The highest BCUT2D eigenvalue weighted by Gasteiger charge is 2.20. The number of nitrogens with zero attached hydrogens (tertiary/aromatic N) is 2. The van der Waals surface area contributed by atoms with Gasteiger partial charge in [0.2, 0.25) is 5.43 Å². The Kier molecular flexibility index (Phi) is 4.91. The summed E-state index contributed by atoms with van der Waals surface area (Å²) in [5, 5.41) is 12.7. The SMILES string of the molecule is O=C(O)c1cn(-c2ccc(Br)cc2)c2cc(N3CCNCC3)c(F)cc2c1=O. The van der Waals surface area contributed by atoms with Crippen LogP contribution < -0.4 is 15.6 Å². The van der Waals surface area contributed by atoms with Crippen LogP contribution in [-0.2, 0) is 0 Å². The van der Waals surface area contributed by atoms with Crippen molar-refractivity contribution in [2.45, 2.75) is 0 Å². The summed E-state index contributed by atoms with van der Waals surface area (Å²) in [5.74, 6) is -1.87. The number of aromatic carboxylic acids is 1. The molecule has 2 N–H and O–H groups in total. The van der Waals surface area contributed by atoms with Gasteiger partial charge in [-0.15, -0.1) is 0 Å². The summed E-state index contributed by atoms with van der Waals surface area (Å²) < 4.78 is 17.3. The lowest BCUT2D eigenvalue weighted by Gasteiger charge is -2.30. The molecule has 0 amide bonds. The quantitative estimate of drug-likeness (QED) is 0.647. The van der Waals surface area contributed by atoms with Crippen LogP contribution >= 0.6 is 15.9 Å². The van der Waals surface area contributed by atoms with Crippen molar-refractivity contribution >= 4 is 38.5 Å². The molecule has 6 nitrogen and oxygen atoms in total. The molecule has 0 atom stereocenters. The van der Waals surface area contributed by atoms with Crippen molar-refractivity contribution in [1.29, 1.82) is 0 Å². The van der Waals surface area contributed by atoms with Crippen molar-refractivity contribution in [2.24, 2.45) is 0 Å². The van der Waals surface area contributed by atoms with Crippen molar-refractivity contribution in [3.05, 3.63) is 68.7 Å². The third-order valence-corrected chi connectivity index (χ3v) is 5.39. The van der Waals surface area contributed by atoms with Gasteiger partial charge in [0.25, 0.3) is 0 Å². The molecule has 1 aromatic heterocycles. The number of benzene rings is 2. The second kappa shape index (κ2) is 7.37. The van der Waals surface area contributed by atoms with Crippen LogP contribution in [0.2, 0.25) is 0 Å². The molecular weight excluding hydrogens is 429 g/mol. The molecule has 0 aliphatic carbocycles. The zero-order valence-corrected chi connectivity index (χ0v) is 16.4. The number of halogens is 2.